The van der Waals surface area contributed by atoms with Gasteiger partial charge in [0.05, 0.1) is 37.2 Å². The number of hydrogen-bond acceptors (Lipinski definition) is 7. The Labute approximate surface area is 144 Å². The van der Waals surface area contributed by atoms with Crippen LogP contribution in [0, 0.1) is 0 Å². The number of nitrogens with one attached hydrogen (secondary N) is 1. The molecule has 0 unspecified atom stereocenters. The van der Waals surface area contributed by atoms with E-state index in [0.29, 0.717) is 25.3 Å². The van der Waals surface area contributed by atoms with Crippen LogP contribution in [0.5, 0.6) is 5.75 Å². The Hall–Kier alpha value is -2.71. The molecule has 4 rings (SSSR count). The topological polar surface area (TPSA) is 93.8 Å². The molecule has 0 saturated carbocycles. The molecule has 2 N–H and O–H groups in total. The van der Waals surface area contributed by atoms with E-state index < -0.39 is 6.10 Å². The van der Waals surface area contributed by atoms with Gasteiger partial charge in [-0.2, -0.15) is 9.61 Å². The van der Waals surface area contributed by atoms with Crippen LogP contribution < -0.4 is 10.1 Å². The maximum absolute atomic E-state index is 10.2. The fraction of sp³-hybridized carbons (Fsp3) is 0.353. The summed E-state index contributed by atoms with van der Waals surface area (Å²) >= 11 is 0. The van der Waals surface area contributed by atoms with Crippen LogP contribution in [0.4, 0.5) is 5.69 Å². The van der Waals surface area contributed by atoms with Crippen LogP contribution in [0.1, 0.15) is 6.42 Å². The van der Waals surface area contributed by atoms with Crippen LogP contribution in [0.2, 0.25) is 0 Å². The lowest BCUT2D eigenvalue weighted by Crippen LogP contribution is -2.42. The highest BCUT2D eigenvalue weighted by atomic mass is 16.5. The van der Waals surface area contributed by atoms with Gasteiger partial charge in [-0.05, 0) is 36.8 Å². The first-order valence-corrected chi connectivity index (χ1v) is 8.12. The molecule has 1 aromatic carbocycles. The summed E-state index contributed by atoms with van der Waals surface area (Å²) in [6, 6.07) is 9.38. The van der Waals surface area contributed by atoms with Crippen molar-refractivity contribution in [3.05, 3.63) is 36.7 Å². The van der Waals surface area contributed by atoms with Crippen LogP contribution in [0.3, 0.4) is 0 Å². The number of anilines is 1. The second-order valence-electron chi connectivity index (χ2n) is 5.95. The maximum Gasteiger partial charge on any atom is 0.200 e. The maximum atomic E-state index is 10.2. The Bertz CT molecular complexity index is 864. The largest absolute Gasteiger partial charge is 0.497 e. The Kier molecular flexibility index (Phi) is 4.21. The zero-order valence-electron chi connectivity index (χ0n) is 13.8. The SMILES string of the molecule is COc1ccc(-c2cc(N[C@@H]3COCC[C@H]3O)c3nncn3n2)cc1. The predicted octanol–water partition coefficient (Wildman–Crippen LogP) is 1.36. The third-order valence-corrected chi connectivity index (χ3v) is 4.31. The van der Waals surface area contributed by atoms with Gasteiger partial charge in [0.25, 0.3) is 0 Å². The molecule has 0 aliphatic carbocycles. The Morgan fingerprint density at radius 2 is 2.16 bits per heavy atom. The molecule has 1 saturated heterocycles. The van der Waals surface area contributed by atoms with Gasteiger partial charge in [-0.25, -0.2) is 0 Å². The monoisotopic (exact) mass is 341 g/mol. The highest BCUT2D eigenvalue weighted by Gasteiger charge is 2.24. The second-order valence-corrected chi connectivity index (χ2v) is 5.95. The summed E-state index contributed by atoms with van der Waals surface area (Å²) in [6.45, 7) is 1.02. The predicted molar refractivity (Wildman–Crippen MR) is 91.6 cm³/mol. The molecule has 1 aliphatic heterocycles. The van der Waals surface area contributed by atoms with Crippen molar-refractivity contribution in [3.63, 3.8) is 0 Å². The lowest BCUT2D eigenvalue weighted by molar-refractivity contribution is 0.00318. The molecule has 1 aliphatic rings. The lowest BCUT2D eigenvalue weighted by atomic mass is 10.1. The van der Waals surface area contributed by atoms with Gasteiger partial charge in [0.2, 0.25) is 5.65 Å². The smallest absolute Gasteiger partial charge is 0.200 e. The molecule has 2 atom stereocenters. The summed E-state index contributed by atoms with van der Waals surface area (Å²) in [5.74, 6) is 0.787. The number of aliphatic hydroxyl groups is 1. The minimum atomic E-state index is -0.464. The summed E-state index contributed by atoms with van der Waals surface area (Å²) < 4.78 is 12.3. The molecule has 8 heteroatoms. The molecule has 1 fully saturated rings. The number of aliphatic hydroxyl groups excluding tert-OH is 1. The van der Waals surface area contributed by atoms with Crippen LogP contribution in [-0.4, -0.2) is 57.4 Å². The third-order valence-electron chi connectivity index (χ3n) is 4.31. The van der Waals surface area contributed by atoms with Crippen molar-refractivity contribution in [2.75, 3.05) is 25.6 Å². The average Bonchev–Trinajstić information content (AvgIpc) is 3.12. The van der Waals surface area contributed by atoms with E-state index in [2.05, 4.69) is 20.6 Å². The number of benzene rings is 1. The number of rotatable bonds is 4. The number of hydrogen-bond donors (Lipinski definition) is 2. The van der Waals surface area contributed by atoms with Gasteiger partial charge in [0, 0.05) is 12.2 Å². The number of nitrogens with zero attached hydrogens (tertiary/aromatic N) is 4. The number of methoxy groups -OCH3 is 1. The molecule has 0 radical (unpaired) electrons. The zero-order valence-corrected chi connectivity index (χ0v) is 13.8. The fourth-order valence-electron chi connectivity index (χ4n) is 2.90. The first kappa shape index (κ1) is 15.8. The lowest BCUT2D eigenvalue weighted by Gasteiger charge is -2.29. The summed E-state index contributed by atoms with van der Waals surface area (Å²) in [5.41, 5.74) is 3.08. The molecule has 8 nitrogen and oxygen atoms in total. The Morgan fingerprint density at radius 3 is 2.92 bits per heavy atom. The Balaban J connectivity index is 1.71. The van der Waals surface area contributed by atoms with E-state index in [4.69, 9.17) is 9.47 Å². The van der Waals surface area contributed by atoms with E-state index >= 15 is 0 Å². The van der Waals surface area contributed by atoms with Crippen molar-refractivity contribution >= 4 is 11.3 Å². The third kappa shape index (κ3) is 3.13. The van der Waals surface area contributed by atoms with Gasteiger partial charge in [-0.15, -0.1) is 10.2 Å². The molecule has 0 amide bonds. The minimum absolute atomic E-state index is 0.194. The van der Waals surface area contributed by atoms with Crippen LogP contribution in [0.25, 0.3) is 16.9 Å². The quantitative estimate of drug-likeness (QED) is 0.740. The number of ether oxygens (including phenoxy) is 2. The molecule has 0 bridgehead atoms. The van der Waals surface area contributed by atoms with Gasteiger partial charge in [-0.3, -0.25) is 0 Å². The molecule has 2 aromatic heterocycles. The molecule has 130 valence electrons. The first-order valence-electron chi connectivity index (χ1n) is 8.12. The van der Waals surface area contributed by atoms with Gasteiger partial charge in [0.15, 0.2) is 0 Å². The molecule has 3 aromatic rings. The summed E-state index contributed by atoms with van der Waals surface area (Å²) in [6.07, 6.45) is 1.70. The van der Waals surface area contributed by atoms with Gasteiger partial charge in [0.1, 0.15) is 12.1 Å². The van der Waals surface area contributed by atoms with E-state index in [1.165, 1.54) is 0 Å². The highest BCUT2D eigenvalue weighted by molar-refractivity contribution is 5.73. The standard InChI is InChI=1S/C17H19N5O3/c1-24-12-4-2-11(3-5-12)13-8-14(17-20-18-10-22(17)21-13)19-15-9-25-7-6-16(15)23/h2-5,8,10,15-16,19,23H,6-7,9H2,1H3/t15-,16-/m1/s1. The number of aromatic nitrogens is 4. The van der Waals surface area contributed by atoms with Crippen molar-refractivity contribution in [3.8, 4) is 17.0 Å². The summed E-state index contributed by atoms with van der Waals surface area (Å²) in [4.78, 5) is 0. The average molecular weight is 341 g/mol. The van der Waals surface area contributed by atoms with E-state index in [9.17, 15) is 5.11 Å². The van der Waals surface area contributed by atoms with E-state index in [0.717, 1.165) is 22.7 Å². The Morgan fingerprint density at radius 1 is 1.32 bits per heavy atom. The van der Waals surface area contributed by atoms with Crippen LogP contribution in [0.15, 0.2) is 36.7 Å². The highest BCUT2D eigenvalue weighted by Crippen LogP contribution is 2.26. The van der Waals surface area contributed by atoms with Crippen LogP contribution in [-0.2, 0) is 4.74 Å². The van der Waals surface area contributed by atoms with Gasteiger partial charge in [-0.1, -0.05) is 0 Å². The van der Waals surface area contributed by atoms with E-state index in [-0.39, 0.29) is 6.04 Å². The molecular weight excluding hydrogens is 322 g/mol. The van der Waals surface area contributed by atoms with Crippen molar-refractivity contribution in [1.82, 2.24) is 19.8 Å². The summed E-state index contributed by atoms with van der Waals surface area (Å²) in [7, 11) is 1.63. The molecule has 25 heavy (non-hydrogen) atoms. The van der Waals surface area contributed by atoms with E-state index in [1.807, 2.05) is 30.3 Å². The zero-order chi connectivity index (χ0) is 17.2. The van der Waals surface area contributed by atoms with Crippen LogP contribution >= 0.6 is 0 Å². The van der Waals surface area contributed by atoms with Gasteiger partial charge < -0.3 is 19.9 Å². The minimum Gasteiger partial charge on any atom is -0.497 e. The fourth-order valence-corrected chi connectivity index (χ4v) is 2.90. The first-order chi connectivity index (χ1) is 12.2. The molecule has 0 spiro atoms. The van der Waals surface area contributed by atoms with Crippen molar-refractivity contribution in [1.29, 1.82) is 0 Å². The molecule has 3 heterocycles. The van der Waals surface area contributed by atoms with E-state index in [1.54, 1.807) is 18.0 Å². The van der Waals surface area contributed by atoms with Gasteiger partial charge >= 0.3 is 0 Å². The van der Waals surface area contributed by atoms with Crippen molar-refractivity contribution in [2.45, 2.75) is 18.6 Å². The molecular formula is C17H19N5O3. The van der Waals surface area contributed by atoms with Crippen molar-refractivity contribution < 1.29 is 14.6 Å². The summed E-state index contributed by atoms with van der Waals surface area (Å²) in [5, 5.41) is 26.1. The normalized spacial score (nSPS) is 20.6. The van der Waals surface area contributed by atoms with Crippen molar-refractivity contribution in [2.24, 2.45) is 0 Å². The second kappa shape index (κ2) is 6.66. The number of fused-ring (bicyclic) bond motifs is 1.